The van der Waals surface area contributed by atoms with Gasteiger partial charge in [-0.3, -0.25) is 0 Å². The van der Waals surface area contributed by atoms with Crippen LogP contribution in [0.3, 0.4) is 0 Å². The molecule has 11 heavy (non-hydrogen) atoms. The van der Waals surface area contributed by atoms with E-state index < -0.39 is 11.8 Å². The van der Waals surface area contributed by atoms with Crippen molar-refractivity contribution in [2.75, 3.05) is 20.1 Å². The predicted molar refractivity (Wildman–Crippen MR) is 40.8 cm³/mol. The van der Waals surface area contributed by atoms with Gasteiger partial charge in [0.25, 0.3) is 5.92 Å². The number of halogens is 2. The number of rotatable bonds is 0. The zero-order valence-electron chi connectivity index (χ0n) is 7.11. The molecule has 0 N–H and O–H groups in total. The van der Waals surface area contributed by atoms with Crippen LogP contribution in [-0.2, 0) is 0 Å². The van der Waals surface area contributed by atoms with Crippen LogP contribution in [0.2, 0.25) is 0 Å². The second kappa shape index (κ2) is 3.05. The lowest BCUT2D eigenvalue weighted by Gasteiger charge is -2.19. The average molecular weight is 163 g/mol. The molecule has 1 rings (SSSR count). The lowest BCUT2D eigenvalue weighted by atomic mass is 9.99. The Morgan fingerprint density at radius 3 is 2.64 bits per heavy atom. The third-order valence-electron chi connectivity index (χ3n) is 2.49. The van der Waals surface area contributed by atoms with Crippen molar-refractivity contribution in [2.45, 2.75) is 25.7 Å². The topological polar surface area (TPSA) is 3.24 Å². The van der Waals surface area contributed by atoms with Gasteiger partial charge in [-0.05, 0) is 20.0 Å². The van der Waals surface area contributed by atoms with Gasteiger partial charge in [-0.1, -0.05) is 6.92 Å². The fourth-order valence-electron chi connectivity index (χ4n) is 1.32. The van der Waals surface area contributed by atoms with E-state index in [2.05, 4.69) is 0 Å². The molecule has 0 aromatic heterocycles. The van der Waals surface area contributed by atoms with Crippen molar-refractivity contribution in [3.63, 3.8) is 0 Å². The molecule has 0 radical (unpaired) electrons. The van der Waals surface area contributed by atoms with Crippen molar-refractivity contribution in [2.24, 2.45) is 5.92 Å². The van der Waals surface area contributed by atoms with Crippen molar-refractivity contribution in [3.8, 4) is 0 Å². The molecule has 1 saturated heterocycles. The van der Waals surface area contributed by atoms with Crippen LogP contribution in [-0.4, -0.2) is 31.0 Å². The zero-order valence-corrected chi connectivity index (χ0v) is 7.11. The smallest absolute Gasteiger partial charge is 0.251 e. The quantitative estimate of drug-likeness (QED) is 0.528. The molecule has 0 aromatic carbocycles. The van der Waals surface area contributed by atoms with Gasteiger partial charge in [-0.15, -0.1) is 0 Å². The molecular formula is C8H15F2N. The Morgan fingerprint density at radius 2 is 2.00 bits per heavy atom. The molecule has 0 bridgehead atoms. The van der Waals surface area contributed by atoms with Gasteiger partial charge < -0.3 is 4.90 Å². The van der Waals surface area contributed by atoms with Gasteiger partial charge in [-0.25, -0.2) is 8.78 Å². The third kappa shape index (κ3) is 2.12. The standard InChI is InChI=1S/C8H15F2N/c1-7-3-5-11(2)6-4-8(7,9)10/h7H,3-6H2,1-2H3. The van der Waals surface area contributed by atoms with E-state index in [1.807, 2.05) is 11.9 Å². The van der Waals surface area contributed by atoms with Gasteiger partial charge >= 0.3 is 0 Å². The Kier molecular flexibility index (Phi) is 2.47. The van der Waals surface area contributed by atoms with Crippen LogP contribution >= 0.6 is 0 Å². The maximum absolute atomic E-state index is 13.0. The summed E-state index contributed by atoms with van der Waals surface area (Å²) in [4.78, 5) is 1.97. The van der Waals surface area contributed by atoms with Crippen LogP contribution in [0.15, 0.2) is 0 Å². The molecular weight excluding hydrogens is 148 g/mol. The van der Waals surface area contributed by atoms with E-state index in [-0.39, 0.29) is 6.42 Å². The Labute approximate surface area is 66.4 Å². The summed E-state index contributed by atoms with van der Waals surface area (Å²) in [5.41, 5.74) is 0. The molecule has 1 atom stereocenters. The first-order valence-corrected chi connectivity index (χ1v) is 4.09. The van der Waals surface area contributed by atoms with Gasteiger partial charge in [0.15, 0.2) is 0 Å². The summed E-state index contributed by atoms with van der Waals surface area (Å²) >= 11 is 0. The normalized spacial score (nSPS) is 33.3. The first-order chi connectivity index (χ1) is 5.02. The average Bonchev–Trinajstić information content (AvgIpc) is 2.03. The maximum atomic E-state index is 13.0. The molecule has 0 spiro atoms. The molecule has 3 heteroatoms. The van der Waals surface area contributed by atoms with E-state index in [4.69, 9.17) is 0 Å². The van der Waals surface area contributed by atoms with Crippen molar-refractivity contribution < 1.29 is 8.78 Å². The number of hydrogen-bond donors (Lipinski definition) is 0. The largest absolute Gasteiger partial charge is 0.306 e. The highest BCUT2D eigenvalue weighted by atomic mass is 19.3. The van der Waals surface area contributed by atoms with E-state index >= 15 is 0 Å². The second-order valence-corrected chi connectivity index (χ2v) is 3.50. The van der Waals surface area contributed by atoms with Crippen LogP contribution in [0.1, 0.15) is 19.8 Å². The van der Waals surface area contributed by atoms with E-state index in [1.165, 1.54) is 0 Å². The molecule has 1 aliphatic rings. The van der Waals surface area contributed by atoms with Gasteiger partial charge in [0.1, 0.15) is 0 Å². The lowest BCUT2D eigenvalue weighted by molar-refractivity contribution is -0.0543. The molecule has 1 heterocycles. The van der Waals surface area contributed by atoms with Crippen LogP contribution < -0.4 is 0 Å². The van der Waals surface area contributed by atoms with Crippen molar-refractivity contribution in [1.29, 1.82) is 0 Å². The lowest BCUT2D eigenvalue weighted by Crippen LogP contribution is -2.25. The number of alkyl halides is 2. The number of nitrogens with zero attached hydrogens (tertiary/aromatic N) is 1. The molecule has 1 aliphatic heterocycles. The fourth-order valence-corrected chi connectivity index (χ4v) is 1.32. The highest BCUT2D eigenvalue weighted by molar-refractivity contribution is 4.79. The summed E-state index contributed by atoms with van der Waals surface area (Å²) in [6, 6.07) is 0. The molecule has 1 unspecified atom stereocenters. The zero-order chi connectivity index (χ0) is 8.48. The summed E-state index contributed by atoms with van der Waals surface area (Å²) in [5, 5.41) is 0. The van der Waals surface area contributed by atoms with E-state index in [9.17, 15) is 8.78 Å². The first-order valence-electron chi connectivity index (χ1n) is 4.09. The molecule has 66 valence electrons. The van der Waals surface area contributed by atoms with Gasteiger partial charge in [0.05, 0.1) is 0 Å². The van der Waals surface area contributed by atoms with Gasteiger partial charge in [0, 0.05) is 18.9 Å². The summed E-state index contributed by atoms with van der Waals surface area (Å²) in [5.74, 6) is -2.89. The minimum absolute atomic E-state index is 0.0185. The highest BCUT2D eigenvalue weighted by Crippen LogP contribution is 2.32. The SMILES string of the molecule is CC1CCN(C)CCC1(F)F. The minimum atomic E-state index is -2.44. The second-order valence-electron chi connectivity index (χ2n) is 3.50. The molecule has 0 aliphatic carbocycles. The monoisotopic (exact) mass is 163 g/mol. The van der Waals surface area contributed by atoms with Crippen molar-refractivity contribution >= 4 is 0 Å². The Hall–Kier alpha value is -0.180. The molecule has 0 saturated carbocycles. The van der Waals surface area contributed by atoms with E-state index in [1.54, 1.807) is 6.92 Å². The third-order valence-corrected chi connectivity index (χ3v) is 2.49. The maximum Gasteiger partial charge on any atom is 0.251 e. The predicted octanol–water partition coefficient (Wildman–Crippen LogP) is 1.98. The highest BCUT2D eigenvalue weighted by Gasteiger charge is 2.37. The molecule has 1 fully saturated rings. The summed E-state index contributed by atoms with van der Waals surface area (Å²) in [6.45, 7) is 2.97. The van der Waals surface area contributed by atoms with Crippen molar-refractivity contribution in [1.82, 2.24) is 4.90 Å². The molecule has 0 aromatic rings. The van der Waals surface area contributed by atoms with Crippen molar-refractivity contribution in [3.05, 3.63) is 0 Å². The Bertz CT molecular complexity index is 136. The van der Waals surface area contributed by atoms with Gasteiger partial charge in [-0.2, -0.15) is 0 Å². The van der Waals surface area contributed by atoms with Crippen LogP contribution in [0.25, 0.3) is 0 Å². The van der Waals surface area contributed by atoms with Gasteiger partial charge in [0.2, 0.25) is 0 Å². The van der Waals surface area contributed by atoms with E-state index in [0.29, 0.717) is 13.0 Å². The summed E-state index contributed by atoms with van der Waals surface area (Å²) in [6.07, 6.45) is 0.633. The first kappa shape index (κ1) is 8.91. The molecule has 0 amide bonds. The summed E-state index contributed by atoms with van der Waals surface area (Å²) in [7, 11) is 1.90. The Morgan fingerprint density at radius 1 is 1.36 bits per heavy atom. The summed E-state index contributed by atoms with van der Waals surface area (Å²) < 4.78 is 26.0. The van der Waals surface area contributed by atoms with Crippen LogP contribution in [0, 0.1) is 5.92 Å². The number of likely N-dealkylation sites (tertiary alicyclic amines) is 1. The fraction of sp³-hybridized carbons (Fsp3) is 1.00. The van der Waals surface area contributed by atoms with Crippen LogP contribution in [0.5, 0.6) is 0 Å². The van der Waals surface area contributed by atoms with Crippen LogP contribution in [0.4, 0.5) is 8.78 Å². The molecule has 1 nitrogen and oxygen atoms in total. The van der Waals surface area contributed by atoms with E-state index in [0.717, 1.165) is 6.54 Å². The Balaban J connectivity index is 2.56. The number of hydrogen-bond acceptors (Lipinski definition) is 1. The minimum Gasteiger partial charge on any atom is -0.306 e.